The molecule has 6 heteroatoms. The summed E-state index contributed by atoms with van der Waals surface area (Å²) in [5.41, 5.74) is 0.921. The normalized spacial score (nSPS) is 10.1. The molecule has 1 aromatic carbocycles. The van der Waals surface area contributed by atoms with Crippen molar-refractivity contribution in [1.82, 2.24) is 5.16 Å². The number of para-hydroxylation sites is 1. The zero-order valence-corrected chi connectivity index (χ0v) is 11.1. The lowest BCUT2D eigenvalue weighted by Crippen LogP contribution is -2.14. The monoisotopic (exact) mass is 275 g/mol. The Labute approximate surface area is 115 Å². The maximum Gasteiger partial charge on any atom is 0.377 e. The van der Waals surface area contributed by atoms with Gasteiger partial charge in [-0.2, -0.15) is 0 Å². The lowest BCUT2D eigenvalue weighted by atomic mass is 10.1. The number of benzene rings is 1. The van der Waals surface area contributed by atoms with Crippen LogP contribution < -0.4 is 4.74 Å². The number of aromatic nitrogens is 1. The van der Waals surface area contributed by atoms with E-state index in [0.717, 1.165) is 0 Å². The van der Waals surface area contributed by atoms with E-state index in [1.165, 1.54) is 13.2 Å². The maximum atomic E-state index is 12.0. The molecule has 0 amide bonds. The molecule has 1 aromatic heterocycles. The Morgan fingerprint density at radius 1 is 1.30 bits per heavy atom. The van der Waals surface area contributed by atoms with Crippen LogP contribution in [-0.4, -0.2) is 30.6 Å². The molecule has 0 aliphatic heterocycles. The molecule has 0 N–H and O–H groups in total. The lowest BCUT2D eigenvalue weighted by molar-refractivity contribution is 0.0434. The first-order chi connectivity index (χ1) is 9.61. The summed E-state index contributed by atoms with van der Waals surface area (Å²) in [7, 11) is 1.47. The minimum atomic E-state index is -0.728. The number of hydrogen-bond acceptors (Lipinski definition) is 6. The molecule has 0 unspecified atom stereocenters. The minimum absolute atomic E-state index is 0.0321. The van der Waals surface area contributed by atoms with E-state index in [0.29, 0.717) is 17.0 Å². The van der Waals surface area contributed by atoms with Gasteiger partial charge in [-0.3, -0.25) is 4.79 Å². The largest absolute Gasteiger partial charge is 0.496 e. The molecule has 0 spiro atoms. The number of carbonyl (C=O) groups excluding carboxylic acids is 2. The van der Waals surface area contributed by atoms with Crippen molar-refractivity contribution in [3.05, 3.63) is 47.3 Å². The average Bonchev–Trinajstić information content (AvgIpc) is 2.91. The highest BCUT2D eigenvalue weighted by Gasteiger charge is 2.17. The van der Waals surface area contributed by atoms with Crippen LogP contribution in [0.1, 0.15) is 26.6 Å². The summed E-state index contributed by atoms with van der Waals surface area (Å²) < 4.78 is 14.7. The number of aryl methyl sites for hydroxylation is 1. The number of hydrogen-bond donors (Lipinski definition) is 0. The van der Waals surface area contributed by atoms with E-state index < -0.39 is 5.97 Å². The molecule has 1 heterocycles. The van der Waals surface area contributed by atoms with Crippen molar-refractivity contribution < 1.29 is 23.6 Å². The van der Waals surface area contributed by atoms with Crippen molar-refractivity contribution in [3.63, 3.8) is 0 Å². The first-order valence-electron chi connectivity index (χ1n) is 5.88. The average molecular weight is 275 g/mol. The third kappa shape index (κ3) is 3.03. The van der Waals surface area contributed by atoms with E-state index in [1.54, 1.807) is 31.2 Å². The van der Waals surface area contributed by atoms with Crippen molar-refractivity contribution in [2.24, 2.45) is 0 Å². The van der Waals surface area contributed by atoms with E-state index >= 15 is 0 Å². The Morgan fingerprint density at radius 3 is 2.70 bits per heavy atom. The third-order valence-corrected chi connectivity index (χ3v) is 2.57. The standard InChI is InChI=1S/C14H13NO5/c1-9-7-13(20-15-9)14(17)19-8-11(16)10-5-3-4-6-12(10)18-2/h3-7H,8H2,1-2H3. The van der Waals surface area contributed by atoms with Gasteiger partial charge in [0.2, 0.25) is 11.5 Å². The van der Waals surface area contributed by atoms with Crippen LogP contribution in [0.2, 0.25) is 0 Å². The molecule has 6 nitrogen and oxygen atoms in total. The summed E-state index contributed by atoms with van der Waals surface area (Å²) in [5.74, 6) is -0.680. The fourth-order valence-corrected chi connectivity index (χ4v) is 1.61. The summed E-state index contributed by atoms with van der Waals surface area (Å²) in [4.78, 5) is 23.6. The molecule has 20 heavy (non-hydrogen) atoms. The molecular weight excluding hydrogens is 262 g/mol. The number of carbonyl (C=O) groups is 2. The number of ether oxygens (including phenoxy) is 2. The van der Waals surface area contributed by atoms with Crippen molar-refractivity contribution in [2.75, 3.05) is 13.7 Å². The van der Waals surface area contributed by atoms with Gasteiger partial charge in [0.15, 0.2) is 6.61 Å². The molecule has 2 rings (SSSR count). The van der Waals surface area contributed by atoms with Gasteiger partial charge in [-0.1, -0.05) is 17.3 Å². The number of methoxy groups -OCH3 is 1. The number of Topliss-reactive ketones (excluding diaryl/α,β-unsaturated/α-hetero) is 1. The molecule has 0 atom stereocenters. The zero-order valence-electron chi connectivity index (χ0n) is 11.1. The van der Waals surface area contributed by atoms with Gasteiger partial charge in [0.25, 0.3) is 0 Å². The van der Waals surface area contributed by atoms with Gasteiger partial charge >= 0.3 is 5.97 Å². The second kappa shape index (κ2) is 6.01. The van der Waals surface area contributed by atoms with Crippen molar-refractivity contribution in [3.8, 4) is 5.75 Å². The fourth-order valence-electron chi connectivity index (χ4n) is 1.61. The lowest BCUT2D eigenvalue weighted by Gasteiger charge is -2.07. The van der Waals surface area contributed by atoms with Crippen molar-refractivity contribution >= 4 is 11.8 Å². The van der Waals surface area contributed by atoms with Crippen molar-refractivity contribution in [1.29, 1.82) is 0 Å². The van der Waals surface area contributed by atoms with Crippen molar-refractivity contribution in [2.45, 2.75) is 6.92 Å². The van der Waals surface area contributed by atoms with Crippen LogP contribution in [0, 0.1) is 6.92 Å². The Bertz CT molecular complexity index is 632. The Morgan fingerprint density at radius 2 is 2.05 bits per heavy atom. The Hall–Kier alpha value is -2.63. The predicted molar refractivity (Wildman–Crippen MR) is 68.8 cm³/mol. The van der Waals surface area contributed by atoms with Crippen LogP contribution in [0.4, 0.5) is 0 Å². The summed E-state index contributed by atoms with van der Waals surface area (Å²) in [6.07, 6.45) is 0. The van der Waals surface area contributed by atoms with Crippen LogP contribution in [0.5, 0.6) is 5.75 Å². The fraction of sp³-hybridized carbons (Fsp3) is 0.214. The summed E-state index contributed by atoms with van der Waals surface area (Å²) in [6, 6.07) is 8.16. The molecule has 104 valence electrons. The van der Waals surface area contributed by atoms with Crippen LogP contribution in [0.15, 0.2) is 34.9 Å². The van der Waals surface area contributed by atoms with E-state index in [1.807, 2.05) is 0 Å². The minimum Gasteiger partial charge on any atom is -0.496 e. The van der Waals surface area contributed by atoms with E-state index in [9.17, 15) is 9.59 Å². The number of nitrogens with zero attached hydrogens (tertiary/aromatic N) is 1. The van der Waals surface area contributed by atoms with Gasteiger partial charge in [-0.25, -0.2) is 4.79 Å². The number of ketones is 1. The number of esters is 1. The Kier molecular flexibility index (Phi) is 4.14. The van der Waals surface area contributed by atoms with Gasteiger partial charge in [-0.05, 0) is 19.1 Å². The highest BCUT2D eigenvalue weighted by molar-refractivity contribution is 6.01. The SMILES string of the molecule is COc1ccccc1C(=O)COC(=O)c1cc(C)no1. The number of rotatable bonds is 5. The maximum absolute atomic E-state index is 12.0. The van der Waals surface area contributed by atoms with Gasteiger partial charge in [-0.15, -0.1) is 0 Å². The van der Waals surface area contributed by atoms with Crippen LogP contribution in [-0.2, 0) is 4.74 Å². The second-order valence-electron chi connectivity index (χ2n) is 4.03. The van der Waals surface area contributed by atoms with E-state index in [2.05, 4.69) is 5.16 Å². The van der Waals surface area contributed by atoms with Gasteiger partial charge < -0.3 is 14.0 Å². The second-order valence-corrected chi connectivity index (χ2v) is 4.03. The molecule has 0 aliphatic carbocycles. The van der Waals surface area contributed by atoms with Gasteiger partial charge in [0.1, 0.15) is 5.75 Å². The smallest absolute Gasteiger partial charge is 0.377 e. The molecule has 0 radical (unpaired) electrons. The molecule has 0 bridgehead atoms. The summed E-state index contributed by atoms with van der Waals surface area (Å²) >= 11 is 0. The predicted octanol–water partition coefficient (Wildman–Crippen LogP) is 2.03. The Balaban J connectivity index is 2.00. The zero-order chi connectivity index (χ0) is 14.5. The molecule has 0 fully saturated rings. The van der Waals surface area contributed by atoms with Crippen LogP contribution >= 0.6 is 0 Å². The summed E-state index contributed by atoms with van der Waals surface area (Å²) in [5, 5.41) is 3.57. The molecular formula is C14H13NO5. The van der Waals surface area contributed by atoms with Gasteiger partial charge in [0, 0.05) is 6.07 Å². The highest BCUT2D eigenvalue weighted by atomic mass is 16.6. The van der Waals surface area contributed by atoms with Crippen LogP contribution in [0.25, 0.3) is 0 Å². The van der Waals surface area contributed by atoms with Gasteiger partial charge in [0.05, 0.1) is 18.4 Å². The molecule has 0 saturated carbocycles. The first-order valence-corrected chi connectivity index (χ1v) is 5.88. The molecule has 0 saturated heterocycles. The topological polar surface area (TPSA) is 78.6 Å². The summed E-state index contributed by atoms with van der Waals surface area (Å²) in [6.45, 7) is 1.29. The van der Waals surface area contributed by atoms with E-state index in [4.69, 9.17) is 14.0 Å². The quantitative estimate of drug-likeness (QED) is 0.613. The molecule has 2 aromatic rings. The first kappa shape index (κ1) is 13.8. The van der Waals surface area contributed by atoms with Crippen LogP contribution in [0.3, 0.4) is 0 Å². The third-order valence-electron chi connectivity index (χ3n) is 2.57. The van der Waals surface area contributed by atoms with E-state index in [-0.39, 0.29) is 18.2 Å². The highest BCUT2D eigenvalue weighted by Crippen LogP contribution is 2.18. The molecule has 0 aliphatic rings.